The van der Waals surface area contributed by atoms with Gasteiger partial charge in [0.25, 0.3) is 0 Å². The Balaban J connectivity index is 1.91. The smallest absolute Gasteiger partial charge is 0.336 e. The van der Waals surface area contributed by atoms with E-state index in [0.717, 1.165) is 18.4 Å². The van der Waals surface area contributed by atoms with E-state index in [-0.39, 0.29) is 6.10 Å². The topological polar surface area (TPSA) is 46.5 Å². The van der Waals surface area contributed by atoms with Crippen LogP contribution in [-0.4, -0.2) is 17.2 Å². The third-order valence-corrected chi connectivity index (χ3v) is 4.01. The molecule has 0 saturated heterocycles. The molecule has 0 aliphatic heterocycles. The third kappa shape index (κ3) is 3.80. The highest BCUT2D eigenvalue weighted by Crippen LogP contribution is 2.36. The van der Waals surface area contributed by atoms with Crippen LogP contribution in [0.1, 0.15) is 55.5 Å². The molecule has 0 amide bonds. The number of hydrogen-bond acceptors (Lipinski definition) is 2. The molecule has 0 spiro atoms. The maximum absolute atomic E-state index is 11.1. The van der Waals surface area contributed by atoms with E-state index in [4.69, 9.17) is 9.84 Å². The van der Waals surface area contributed by atoms with Crippen LogP contribution in [-0.2, 0) is 11.3 Å². The summed E-state index contributed by atoms with van der Waals surface area (Å²) in [5.41, 5.74) is 1.54. The molecule has 2 rings (SSSR count). The number of aromatic carboxylic acids is 1. The first-order chi connectivity index (χ1) is 8.98. The minimum absolute atomic E-state index is 0.273. The highest BCUT2D eigenvalue weighted by atomic mass is 16.5. The van der Waals surface area contributed by atoms with Gasteiger partial charge >= 0.3 is 5.97 Å². The Morgan fingerprint density at radius 3 is 2.58 bits per heavy atom. The minimum atomic E-state index is -0.885. The summed E-state index contributed by atoms with van der Waals surface area (Å²) in [6.07, 6.45) is 4.77. The molecule has 0 unspecified atom stereocenters. The van der Waals surface area contributed by atoms with Crippen molar-refractivity contribution >= 4 is 5.97 Å². The SMILES string of the molecule is CC1(C)CCC(OCc2ccccc2C(=O)O)CC1. The molecular weight excluding hydrogens is 240 g/mol. The second kappa shape index (κ2) is 5.74. The van der Waals surface area contributed by atoms with E-state index in [1.165, 1.54) is 12.8 Å². The number of hydrogen-bond donors (Lipinski definition) is 1. The lowest BCUT2D eigenvalue weighted by molar-refractivity contribution is -0.00597. The average Bonchev–Trinajstić information content (AvgIpc) is 2.38. The summed E-state index contributed by atoms with van der Waals surface area (Å²) < 4.78 is 5.89. The fraction of sp³-hybridized carbons (Fsp3) is 0.562. The summed E-state index contributed by atoms with van der Waals surface area (Å²) >= 11 is 0. The van der Waals surface area contributed by atoms with Gasteiger partial charge in [0.15, 0.2) is 0 Å². The minimum Gasteiger partial charge on any atom is -0.478 e. The van der Waals surface area contributed by atoms with Crippen molar-refractivity contribution in [2.45, 2.75) is 52.2 Å². The first kappa shape index (κ1) is 14.1. The molecule has 1 aliphatic carbocycles. The van der Waals surface area contributed by atoms with Crippen molar-refractivity contribution in [3.8, 4) is 0 Å². The lowest BCUT2D eigenvalue weighted by Gasteiger charge is -2.34. The van der Waals surface area contributed by atoms with Crippen molar-refractivity contribution < 1.29 is 14.6 Å². The maximum atomic E-state index is 11.1. The summed E-state index contributed by atoms with van der Waals surface area (Å²) in [4.78, 5) is 11.1. The van der Waals surface area contributed by atoms with Crippen molar-refractivity contribution in [2.24, 2.45) is 5.41 Å². The largest absolute Gasteiger partial charge is 0.478 e. The summed E-state index contributed by atoms with van der Waals surface area (Å²) in [6, 6.07) is 7.06. The number of ether oxygens (including phenoxy) is 1. The first-order valence-electron chi connectivity index (χ1n) is 6.91. The standard InChI is InChI=1S/C16H22O3/c1-16(2)9-7-13(8-10-16)19-11-12-5-3-4-6-14(12)15(17)18/h3-6,13H,7-11H2,1-2H3,(H,17,18). The molecule has 1 fully saturated rings. The molecule has 0 aromatic heterocycles. The highest BCUT2D eigenvalue weighted by Gasteiger charge is 2.27. The Morgan fingerprint density at radius 1 is 1.32 bits per heavy atom. The Hall–Kier alpha value is -1.35. The van der Waals surface area contributed by atoms with E-state index in [2.05, 4.69) is 13.8 Å². The van der Waals surface area contributed by atoms with Gasteiger partial charge in [-0.2, -0.15) is 0 Å². The first-order valence-corrected chi connectivity index (χ1v) is 6.91. The molecule has 19 heavy (non-hydrogen) atoms. The molecule has 1 aromatic carbocycles. The molecule has 0 atom stereocenters. The Labute approximate surface area is 114 Å². The van der Waals surface area contributed by atoms with Crippen LogP contribution >= 0.6 is 0 Å². The zero-order valence-corrected chi connectivity index (χ0v) is 11.7. The summed E-state index contributed by atoms with van der Waals surface area (Å²) in [5, 5.41) is 9.12. The monoisotopic (exact) mass is 262 g/mol. The molecule has 0 heterocycles. The second-order valence-corrected chi connectivity index (χ2v) is 6.14. The maximum Gasteiger partial charge on any atom is 0.336 e. The van der Waals surface area contributed by atoms with Gasteiger partial charge in [0.2, 0.25) is 0 Å². The number of carboxylic acid groups (broad SMARTS) is 1. The van der Waals surface area contributed by atoms with Crippen LogP contribution in [0.25, 0.3) is 0 Å². The summed E-state index contributed by atoms with van der Waals surface area (Å²) in [7, 11) is 0. The number of benzene rings is 1. The molecular formula is C16H22O3. The van der Waals surface area contributed by atoms with Gasteiger partial charge in [0.1, 0.15) is 0 Å². The van der Waals surface area contributed by atoms with E-state index in [9.17, 15) is 4.79 Å². The molecule has 3 nitrogen and oxygen atoms in total. The van der Waals surface area contributed by atoms with Crippen LogP contribution in [0.15, 0.2) is 24.3 Å². The zero-order valence-electron chi connectivity index (χ0n) is 11.7. The van der Waals surface area contributed by atoms with E-state index < -0.39 is 5.97 Å². The van der Waals surface area contributed by atoms with E-state index in [0.29, 0.717) is 17.6 Å². The van der Waals surface area contributed by atoms with Crippen LogP contribution < -0.4 is 0 Å². The van der Waals surface area contributed by atoms with E-state index in [1.807, 2.05) is 12.1 Å². The van der Waals surface area contributed by atoms with Gasteiger partial charge in [-0.3, -0.25) is 0 Å². The molecule has 0 radical (unpaired) electrons. The predicted molar refractivity (Wildman–Crippen MR) is 74.2 cm³/mol. The van der Waals surface area contributed by atoms with Gasteiger partial charge in [-0.15, -0.1) is 0 Å². The number of carboxylic acids is 1. The lowest BCUT2D eigenvalue weighted by Crippen LogP contribution is -2.26. The van der Waals surface area contributed by atoms with E-state index in [1.54, 1.807) is 12.1 Å². The normalized spacial score (nSPS) is 19.3. The Morgan fingerprint density at radius 2 is 1.95 bits per heavy atom. The molecule has 1 aliphatic rings. The summed E-state index contributed by atoms with van der Waals surface area (Å²) in [6.45, 7) is 4.99. The number of carbonyl (C=O) groups is 1. The van der Waals surface area contributed by atoms with Gasteiger partial charge in [-0.25, -0.2) is 4.79 Å². The molecule has 1 aromatic rings. The quantitative estimate of drug-likeness (QED) is 0.896. The summed E-state index contributed by atoms with van der Waals surface area (Å²) in [5.74, 6) is -0.885. The van der Waals surface area contributed by atoms with Gasteiger partial charge < -0.3 is 9.84 Å². The fourth-order valence-corrected chi connectivity index (χ4v) is 2.60. The van der Waals surface area contributed by atoms with Crippen molar-refractivity contribution in [3.05, 3.63) is 35.4 Å². The van der Waals surface area contributed by atoms with Gasteiger partial charge in [0.05, 0.1) is 18.3 Å². The van der Waals surface area contributed by atoms with Gasteiger partial charge in [0, 0.05) is 0 Å². The van der Waals surface area contributed by atoms with Crippen LogP contribution in [0, 0.1) is 5.41 Å². The molecule has 0 bridgehead atoms. The second-order valence-electron chi connectivity index (χ2n) is 6.14. The molecule has 3 heteroatoms. The van der Waals surface area contributed by atoms with Crippen molar-refractivity contribution in [3.63, 3.8) is 0 Å². The van der Waals surface area contributed by atoms with Crippen molar-refractivity contribution in [1.82, 2.24) is 0 Å². The van der Waals surface area contributed by atoms with E-state index >= 15 is 0 Å². The van der Waals surface area contributed by atoms with Crippen LogP contribution in [0.3, 0.4) is 0 Å². The van der Waals surface area contributed by atoms with Gasteiger partial charge in [-0.05, 0) is 42.7 Å². The van der Waals surface area contributed by atoms with Crippen LogP contribution in [0.2, 0.25) is 0 Å². The van der Waals surface area contributed by atoms with Crippen molar-refractivity contribution in [2.75, 3.05) is 0 Å². The van der Waals surface area contributed by atoms with Crippen LogP contribution in [0.4, 0.5) is 0 Å². The van der Waals surface area contributed by atoms with Crippen molar-refractivity contribution in [1.29, 1.82) is 0 Å². The average molecular weight is 262 g/mol. The third-order valence-electron chi connectivity index (χ3n) is 4.01. The van der Waals surface area contributed by atoms with Crippen LogP contribution in [0.5, 0.6) is 0 Å². The zero-order chi connectivity index (χ0) is 13.9. The molecule has 1 saturated carbocycles. The van der Waals surface area contributed by atoms with Gasteiger partial charge in [-0.1, -0.05) is 32.0 Å². The fourth-order valence-electron chi connectivity index (χ4n) is 2.60. The lowest BCUT2D eigenvalue weighted by atomic mass is 9.76. The predicted octanol–water partition coefficient (Wildman–Crippen LogP) is 3.87. The number of rotatable bonds is 4. The molecule has 1 N–H and O–H groups in total. The Kier molecular flexibility index (Phi) is 4.25. The highest BCUT2D eigenvalue weighted by molar-refractivity contribution is 5.89. The Bertz CT molecular complexity index is 441. The molecule has 104 valence electrons.